The van der Waals surface area contributed by atoms with Crippen LogP contribution in [0.15, 0.2) is 24.3 Å². The number of hydrogen-bond donors (Lipinski definition) is 2. The van der Waals surface area contributed by atoms with E-state index >= 15 is 0 Å². The van der Waals surface area contributed by atoms with E-state index in [1.54, 1.807) is 14.0 Å². The summed E-state index contributed by atoms with van der Waals surface area (Å²) >= 11 is 0. The van der Waals surface area contributed by atoms with Crippen molar-refractivity contribution in [2.75, 3.05) is 12.4 Å². The number of nitrogens with one attached hydrogen (secondary N) is 2. The van der Waals surface area contributed by atoms with E-state index in [9.17, 15) is 18.0 Å². The number of hydrogen-bond acceptors (Lipinski definition) is 3. The second kappa shape index (κ2) is 5.72. The summed E-state index contributed by atoms with van der Waals surface area (Å²) in [7, 11) is 1.60. The number of anilines is 1. The largest absolute Gasteiger partial charge is 0.573 e. The number of halogens is 3. The first-order valence-electron chi connectivity index (χ1n) is 5.16. The molecule has 1 amide bonds. The lowest BCUT2D eigenvalue weighted by Gasteiger charge is -2.13. The van der Waals surface area contributed by atoms with Gasteiger partial charge in [-0.3, -0.25) is 4.79 Å². The highest BCUT2D eigenvalue weighted by atomic mass is 19.4. The highest BCUT2D eigenvalue weighted by molar-refractivity contribution is 5.94. The Morgan fingerprint density at radius 1 is 1.39 bits per heavy atom. The van der Waals surface area contributed by atoms with Gasteiger partial charge in [0.15, 0.2) is 0 Å². The lowest BCUT2D eigenvalue weighted by molar-refractivity contribution is -0.274. The minimum Gasteiger partial charge on any atom is -0.406 e. The third-order valence-electron chi connectivity index (χ3n) is 2.16. The summed E-state index contributed by atoms with van der Waals surface area (Å²) in [6.07, 6.45) is -4.75. The molecular weight excluding hydrogens is 249 g/mol. The molecule has 1 aromatic carbocycles. The third kappa shape index (κ3) is 4.62. The van der Waals surface area contributed by atoms with Crippen molar-refractivity contribution in [3.8, 4) is 5.75 Å². The predicted octanol–water partition coefficient (Wildman–Crippen LogP) is 2.13. The van der Waals surface area contributed by atoms with E-state index in [0.29, 0.717) is 0 Å². The average Bonchev–Trinajstić information content (AvgIpc) is 2.26. The Balaban J connectivity index is 2.74. The standard InChI is InChI=1S/C11H13F3N2O2/c1-7(15-2)10(17)16-8-4-3-5-9(6-8)18-11(12,13)14/h3-7,15H,1-2H3,(H,16,17)/t7-/m0/s1. The molecule has 7 heteroatoms. The van der Waals surface area contributed by atoms with Gasteiger partial charge < -0.3 is 15.4 Å². The van der Waals surface area contributed by atoms with E-state index in [2.05, 4.69) is 15.4 Å². The second-order valence-corrected chi connectivity index (χ2v) is 3.58. The van der Waals surface area contributed by atoms with E-state index in [4.69, 9.17) is 0 Å². The van der Waals surface area contributed by atoms with Crippen molar-refractivity contribution in [1.82, 2.24) is 5.32 Å². The number of ether oxygens (including phenoxy) is 1. The maximum Gasteiger partial charge on any atom is 0.573 e. The monoisotopic (exact) mass is 262 g/mol. The number of alkyl halides is 3. The van der Waals surface area contributed by atoms with Crippen molar-refractivity contribution in [2.24, 2.45) is 0 Å². The Labute approximate surface area is 102 Å². The molecule has 4 nitrogen and oxygen atoms in total. The summed E-state index contributed by atoms with van der Waals surface area (Å²) in [6.45, 7) is 1.63. The zero-order chi connectivity index (χ0) is 13.8. The lowest BCUT2D eigenvalue weighted by atomic mass is 10.2. The van der Waals surface area contributed by atoms with Crippen LogP contribution in [-0.4, -0.2) is 25.4 Å². The first-order chi connectivity index (χ1) is 8.31. The zero-order valence-corrected chi connectivity index (χ0v) is 9.84. The molecule has 2 N–H and O–H groups in total. The van der Waals surface area contributed by atoms with Crippen LogP contribution in [-0.2, 0) is 4.79 Å². The van der Waals surface area contributed by atoms with Crippen LogP contribution in [0.5, 0.6) is 5.75 Å². The Bertz CT molecular complexity index is 421. The summed E-state index contributed by atoms with van der Waals surface area (Å²) in [5, 5.41) is 5.18. The van der Waals surface area contributed by atoms with Crippen molar-refractivity contribution in [1.29, 1.82) is 0 Å². The van der Waals surface area contributed by atoms with Crippen molar-refractivity contribution in [3.05, 3.63) is 24.3 Å². The van der Waals surface area contributed by atoms with E-state index in [0.717, 1.165) is 12.1 Å². The van der Waals surface area contributed by atoms with Gasteiger partial charge in [0.05, 0.1) is 6.04 Å². The molecule has 0 unspecified atom stereocenters. The van der Waals surface area contributed by atoms with Crippen molar-refractivity contribution >= 4 is 11.6 Å². The van der Waals surface area contributed by atoms with Crippen LogP contribution < -0.4 is 15.4 Å². The maximum absolute atomic E-state index is 12.0. The van der Waals surface area contributed by atoms with Crippen molar-refractivity contribution in [3.63, 3.8) is 0 Å². The second-order valence-electron chi connectivity index (χ2n) is 3.58. The van der Waals surface area contributed by atoms with Crippen LogP contribution in [0, 0.1) is 0 Å². The average molecular weight is 262 g/mol. The fourth-order valence-corrected chi connectivity index (χ4v) is 1.15. The van der Waals surface area contributed by atoms with Crippen LogP contribution in [0.3, 0.4) is 0 Å². The Morgan fingerprint density at radius 2 is 2.06 bits per heavy atom. The SMILES string of the molecule is CN[C@@H](C)C(=O)Nc1cccc(OC(F)(F)F)c1. The van der Waals surface area contributed by atoms with E-state index in [1.807, 2.05) is 0 Å². The lowest BCUT2D eigenvalue weighted by Crippen LogP contribution is -2.35. The summed E-state index contributed by atoms with van der Waals surface area (Å²) < 4.78 is 39.7. The molecular formula is C11H13F3N2O2. The fourth-order valence-electron chi connectivity index (χ4n) is 1.15. The van der Waals surface area contributed by atoms with Crippen molar-refractivity contribution < 1.29 is 22.7 Å². The summed E-state index contributed by atoms with van der Waals surface area (Å²) in [6, 6.07) is 4.65. The van der Waals surface area contributed by atoms with Gasteiger partial charge in [0.25, 0.3) is 0 Å². The van der Waals surface area contributed by atoms with Gasteiger partial charge >= 0.3 is 6.36 Å². The summed E-state index contributed by atoms with van der Waals surface area (Å²) in [4.78, 5) is 11.5. The highest BCUT2D eigenvalue weighted by Gasteiger charge is 2.31. The van der Waals surface area contributed by atoms with Crippen LogP contribution in [0.2, 0.25) is 0 Å². The summed E-state index contributed by atoms with van der Waals surface area (Å²) in [5.41, 5.74) is 0.240. The molecule has 0 aliphatic carbocycles. The topological polar surface area (TPSA) is 50.4 Å². The molecule has 1 rings (SSSR count). The van der Waals surface area contributed by atoms with Gasteiger partial charge in [0.1, 0.15) is 5.75 Å². The molecule has 100 valence electrons. The first-order valence-corrected chi connectivity index (χ1v) is 5.16. The number of likely N-dealkylation sites (N-methyl/N-ethyl adjacent to an activating group) is 1. The van der Waals surface area contributed by atoms with Crippen molar-refractivity contribution in [2.45, 2.75) is 19.3 Å². The molecule has 0 aliphatic rings. The number of carbonyl (C=O) groups is 1. The van der Waals surface area contributed by atoms with Gasteiger partial charge in [-0.25, -0.2) is 0 Å². The number of carbonyl (C=O) groups excluding carboxylic acids is 1. The van der Waals surface area contributed by atoms with Crippen LogP contribution in [0.4, 0.5) is 18.9 Å². The third-order valence-corrected chi connectivity index (χ3v) is 2.16. The van der Waals surface area contributed by atoms with Gasteiger partial charge in [-0.2, -0.15) is 0 Å². The van der Waals surface area contributed by atoms with Gasteiger partial charge in [0, 0.05) is 11.8 Å². The summed E-state index contributed by atoms with van der Waals surface area (Å²) in [5.74, 6) is -0.723. The molecule has 1 aromatic rings. The molecule has 0 bridgehead atoms. The maximum atomic E-state index is 12.0. The minimum atomic E-state index is -4.75. The molecule has 0 fully saturated rings. The van der Waals surface area contributed by atoms with Gasteiger partial charge in [-0.05, 0) is 26.1 Å². The van der Waals surface area contributed by atoms with Crippen LogP contribution in [0.1, 0.15) is 6.92 Å². The smallest absolute Gasteiger partial charge is 0.406 e. The molecule has 0 aliphatic heterocycles. The van der Waals surface area contributed by atoms with Gasteiger partial charge in [-0.15, -0.1) is 13.2 Å². The fraction of sp³-hybridized carbons (Fsp3) is 0.364. The number of rotatable bonds is 4. The Kier molecular flexibility index (Phi) is 4.55. The molecule has 0 heterocycles. The van der Waals surface area contributed by atoms with Gasteiger partial charge in [-0.1, -0.05) is 6.07 Å². The molecule has 18 heavy (non-hydrogen) atoms. The minimum absolute atomic E-state index is 0.240. The van der Waals surface area contributed by atoms with E-state index < -0.39 is 12.4 Å². The normalized spacial score (nSPS) is 12.9. The highest BCUT2D eigenvalue weighted by Crippen LogP contribution is 2.24. The van der Waals surface area contributed by atoms with Crippen LogP contribution >= 0.6 is 0 Å². The molecule has 0 radical (unpaired) electrons. The molecule has 0 saturated carbocycles. The number of amides is 1. The predicted molar refractivity (Wildman–Crippen MR) is 60.3 cm³/mol. The molecule has 0 saturated heterocycles. The Hall–Kier alpha value is -1.76. The number of benzene rings is 1. The first kappa shape index (κ1) is 14.3. The van der Waals surface area contributed by atoms with Crippen LogP contribution in [0.25, 0.3) is 0 Å². The molecule has 0 aromatic heterocycles. The van der Waals surface area contributed by atoms with E-state index in [1.165, 1.54) is 12.1 Å². The molecule has 0 spiro atoms. The quantitative estimate of drug-likeness (QED) is 0.874. The molecule has 1 atom stereocenters. The zero-order valence-electron chi connectivity index (χ0n) is 9.84. The Morgan fingerprint density at radius 3 is 2.61 bits per heavy atom. The van der Waals surface area contributed by atoms with E-state index in [-0.39, 0.29) is 17.3 Å². The van der Waals surface area contributed by atoms with Gasteiger partial charge in [0.2, 0.25) is 5.91 Å².